The number of carbonyl (C=O) groups excluding carboxylic acids is 1. The predicted molar refractivity (Wildman–Crippen MR) is 114 cm³/mol. The molecule has 2 atom stereocenters. The van der Waals surface area contributed by atoms with Gasteiger partial charge in [0.15, 0.2) is 5.60 Å². The Morgan fingerprint density at radius 1 is 1.18 bits per heavy atom. The lowest BCUT2D eigenvalue weighted by molar-refractivity contribution is -0.140. The quantitative estimate of drug-likeness (QED) is 0.705. The number of piperidine rings is 1. The van der Waals surface area contributed by atoms with Crippen LogP contribution in [-0.2, 0) is 9.53 Å². The second-order valence-corrected chi connectivity index (χ2v) is 8.82. The number of pyridine rings is 1. The molecule has 33 heavy (non-hydrogen) atoms. The van der Waals surface area contributed by atoms with Crippen LogP contribution < -0.4 is 9.64 Å². The zero-order valence-electron chi connectivity index (χ0n) is 18.5. The molecule has 1 aromatic carbocycles. The monoisotopic (exact) mass is 454 g/mol. The number of aryl methyl sites for hydroxylation is 1. The Labute approximate surface area is 190 Å². The summed E-state index contributed by atoms with van der Waals surface area (Å²) in [7, 11) is 1.52. The van der Waals surface area contributed by atoms with E-state index in [1.807, 2.05) is 0 Å². The van der Waals surface area contributed by atoms with Gasteiger partial charge in [-0.3, -0.25) is 4.79 Å². The third-order valence-corrected chi connectivity index (χ3v) is 6.97. The van der Waals surface area contributed by atoms with E-state index in [9.17, 15) is 18.8 Å². The third kappa shape index (κ3) is 3.49. The molecule has 9 heteroatoms. The Bertz CT molecular complexity index is 1140. The van der Waals surface area contributed by atoms with Crippen molar-refractivity contribution in [3.63, 3.8) is 0 Å². The number of rotatable bonds is 3. The van der Waals surface area contributed by atoms with Gasteiger partial charge < -0.3 is 19.3 Å². The summed E-state index contributed by atoms with van der Waals surface area (Å²) in [5.41, 5.74) is 0.527. The normalized spacial score (nSPS) is 23.7. The van der Waals surface area contributed by atoms with E-state index in [-0.39, 0.29) is 12.1 Å². The van der Waals surface area contributed by atoms with Crippen LogP contribution in [0.25, 0.3) is 0 Å². The van der Waals surface area contributed by atoms with Crippen LogP contribution in [0.2, 0.25) is 0 Å². The van der Waals surface area contributed by atoms with E-state index in [0.717, 1.165) is 6.07 Å². The number of aromatic nitrogens is 1. The Kier molecular flexibility index (Phi) is 5.20. The highest BCUT2D eigenvalue weighted by atomic mass is 19.1. The fraction of sp³-hybridized carbons (Fsp3) is 0.458. The second kappa shape index (κ2) is 7.96. The number of nitrogens with zero attached hydrogens (tertiary/aromatic N) is 4. The van der Waals surface area contributed by atoms with Crippen molar-refractivity contribution in [1.82, 2.24) is 9.88 Å². The largest absolute Gasteiger partial charge is 0.495 e. The Balaban J connectivity index is 1.34. The van der Waals surface area contributed by atoms with Crippen molar-refractivity contribution in [2.75, 3.05) is 25.1 Å². The zero-order valence-corrected chi connectivity index (χ0v) is 18.5. The number of hydrogen-bond donors (Lipinski definition) is 0. The minimum atomic E-state index is -0.933. The summed E-state index contributed by atoms with van der Waals surface area (Å²) in [6, 6.07) is 6.89. The van der Waals surface area contributed by atoms with E-state index >= 15 is 0 Å². The molecular weight excluding hydrogens is 430 g/mol. The first-order valence-corrected chi connectivity index (χ1v) is 11.0. The molecule has 172 valence electrons. The van der Waals surface area contributed by atoms with Gasteiger partial charge in [-0.15, -0.1) is 0 Å². The summed E-state index contributed by atoms with van der Waals surface area (Å²) >= 11 is 0. The number of carbonyl (C=O) groups is 1. The molecule has 3 fully saturated rings. The van der Waals surface area contributed by atoms with Crippen LogP contribution in [0.3, 0.4) is 0 Å². The van der Waals surface area contributed by atoms with Crippen LogP contribution >= 0.6 is 0 Å². The molecule has 0 N–H and O–H groups in total. The molecule has 2 unspecified atom stereocenters. The van der Waals surface area contributed by atoms with Gasteiger partial charge in [-0.2, -0.15) is 5.26 Å². The van der Waals surface area contributed by atoms with Crippen LogP contribution in [0.4, 0.5) is 14.6 Å². The maximum Gasteiger partial charge on any atom is 0.257 e. The first kappa shape index (κ1) is 21.6. The number of amides is 1. The molecule has 2 aromatic rings. The van der Waals surface area contributed by atoms with Crippen LogP contribution in [0, 0.1) is 29.9 Å². The molecule has 1 amide bonds. The minimum Gasteiger partial charge on any atom is -0.495 e. The number of ether oxygens (including phenoxy) is 2. The molecule has 0 aliphatic carbocycles. The Hall–Kier alpha value is -3.25. The molecule has 0 saturated carbocycles. The summed E-state index contributed by atoms with van der Waals surface area (Å²) in [6.07, 6.45) is 1.82. The Morgan fingerprint density at radius 3 is 2.52 bits per heavy atom. The van der Waals surface area contributed by atoms with Crippen LogP contribution in [0.5, 0.6) is 5.75 Å². The molecule has 1 aromatic heterocycles. The molecule has 3 aliphatic heterocycles. The number of anilines is 1. The number of nitriles is 1. The average molecular weight is 454 g/mol. The maximum atomic E-state index is 13.8. The number of hydrogen-bond acceptors (Lipinski definition) is 6. The van der Waals surface area contributed by atoms with Crippen molar-refractivity contribution >= 4 is 11.7 Å². The first-order valence-electron chi connectivity index (χ1n) is 11.0. The van der Waals surface area contributed by atoms with Crippen molar-refractivity contribution in [2.45, 2.75) is 50.5 Å². The van der Waals surface area contributed by atoms with Gasteiger partial charge in [-0.1, -0.05) is 0 Å². The summed E-state index contributed by atoms with van der Waals surface area (Å²) in [5, 5.41) is 9.33. The number of benzene rings is 1. The van der Waals surface area contributed by atoms with Crippen molar-refractivity contribution in [3.8, 4) is 11.8 Å². The molecule has 7 nitrogen and oxygen atoms in total. The maximum absolute atomic E-state index is 13.8. The molecule has 4 heterocycles. The van der Waals surface area contributed by atoms with Gasteiger partial charge in [0.05, 0.1) is 18.8 Å². The fourth-order valence-corrected chi connectivity index (χ4v) is 5.32. The Morgan fingerprint density at radius 2 is 1.88 bits per heavy atom. The van der Waals surface area contributed by atoms with Gasteiger partial charge in [0, 0.05) is 38.1 Å². The third-order valence-electron chi connectivity index (χ3n) is 6.97. The summed E-state index contributed by atoms with van der Waals surface area (Å²) < 4.78 is 39.2. The smallest absolute Gasteiger partial charge is 0.257 e. The molecule has 3 aliphatic rings. The van der Waals surface area contributed by atoms with E-state index in [0.29, 0.717) is 67.2 Å². The molecule has 0 bridgehead atoms. The highest BCUT2D eigenvalue weighted by molar-refractivity contribution is 5.88. The van der Waals surface area contributed by atoms with E-state index in [4.69, 9.17) is 9.47 Å². The lowest BCUT2D eigenvalue weighted by atomic mass is 9.89. The van der Waals surface area contributed by atoms with Gasteiger partial charge in [-0.05, 0) is 37.5 Å². The highest BCUT2D eigenvalue weighted by Crippen LogP contribution is 2.48. The lowest BCUT2D eigenvalue weighted by Crippen LogP contribution is -2.50. The van der Waals surface area contributed by atoms with Crippen molar-refractivity contribution in [3.05, 3.63) is 52.7 Å². The molecule has 5 rings (SSSR count). The zero-order chi connectivity index (χ0) is 23.3. The standard InChI is InChI=1S/C24H24F2N4O3/c1-14-18(13-27)20(32-2)12-21(28-14)29-7-5-24(6-8-29)23(31)30-19(3-4-22(30)33-24)15-9-16(25)11-17(26)10-15/h9-12,19,22H,3-8H2,1-2H3. The van der Waals surface area contributed by atoms with E-state index < -0.39 is 23.3 Å². The second-order valence-electron chi connectivity index (χ2n) is 8.82. The van der Waals surface area contributed by atoms with Gasteiger partial charge >= 0.3 is 0 Å². The summed E-state index contributed by atoms with van der Waals surface area (Å²) in [6.45, 7) is 2.86. The average Bonchev–Trinajstić information content (AvgIpc) is 3.31. The van der Waals surface area contributed by atoms with E-state index in [1.54, 1.807) is 17.9 Å². The topological polar surface area (TPSA) is 78.7 Å². The first-order chi connectivity index (χ1) is 15.8. The number of fused-ring (bicyclic) bond motifs is 1. The van der Waals surface area contributed by atoms with E-state index in [1.165, 1.54) is 19.2 Å². The summed E-state index contributed by atoms with van der Waals surface area (Å²) in [4.78, 5) is 21.8. The van der Waals surface area contributed by atoms with Crippen LogP contribution in [-0.4, -0.2) is 47.8 Å². The fourth-order valence-electron chi connectivity index (χ4n) is 5.32. The van der Waals surface area contributed by atoms with Gasteiger partial charge in [-0.25, -0.2) is 13.8 Å². The van der Waals surface area contributed by atoms with Crippen molar-refractivity contribution in [2.24, 2.45) is 0 Å². The molecule has 1 spiro atoms. The number of methoxy groups -OCH3 is 1. The van der Waals surface area contributed by atoms with Crippen molar-refractivity contribution < 1.29 is 23.0 Å². The van der Waals surface area contributed by atoms with Crippen LogP contribution in [0.15, 0.2) is 24.3 Å². The molecule has 3 saturated heterocycles. The number of halogens is 2. The van der Waals surface area contributed by atoms with Crippen molar-refractivity contribution in [1.29, 1.82) is 5.26 Å². The van der Waals surface area contributed by atoms with E-state index in [2.05, 4.69) is 16.0 Å². The lowest BCUT2D eigenvalue weighted by Gasteiger charge is -2.38. The molecular formula is C24H24F2N4O3. The van der Waals surface area contributed by atoms with Crippen LogP contribution in [0.1, 0.15) is 48.5 Å². The summed E-state index contributed by atoms with van der Waals surface area (Å²) in [5.74, 6) is -0.244. The predicted octanol–water partition coefficient (Wildman–Crippen LogP) is 3.61. The van der Waals surface area contributed by atoms with Gasteiger partial charge in [0.1, 0.15) is 41.1 Å². The highest BCUT2D eigenvalue weighted by Gasteiger charge is 2.58. The minimum absolute atomic E-state index is 0.110. The molecule has 0 radical (unpaired) electrons. The SMILES string of the molecule is COc1cc(N2CCC3(CC2)OC2CCC(c4cc(F)cc(F)c4)N2C3=O)nc(C)c1C#N. The van der Waals surface area contributed by atoms with Gasteiger partial charge in [0.25, 0.3) is 5.91 Å². The van der Waals surface area contributed by atoms with Gasteiger partial charge in [0.2, 0.25) is 0 Å².